The van der Waals surface area contributed by atoms with Gasteiger partial charge < -0.3 is 9.30 Å². The molecule has 0 radical (unpaired) electrons. The molecule has 7 heteroatoms. The molecule has 0 aliphatic rings. The van der Waals surface area contributed by atoms with Crippen LogP contribution in [0.3, 0.4) is 0 Å². The number of thiophene rings is 1. The predicted octanol–water partition coefficient (Wildman–Crippen LogP) is 5.22. The highest BCUT2D eigenvalue weighted by Crippen LogP contribution is 2.35. The molecule has 0 aliphatic heterocycles. The molecule has 0 N–H and O–H groups in total. The lowest BCUT2D eigenvalue weighted by Crippen LogP contribution is -2.17. The smallest absolute Gasteiger partial charge is 0.350 e. The molecule has 0 spiro atoms. The molecule has 2 aromatic heterocycles. The first-order valence-electron chi connectivity index (χ1n) is 6.34. The van der Waals surface area contributed by atoms with Crippen molar-refractivity contribution in [1.29, 1.82) is 0 Å². The van der Waals surface area contributed by atoms with Crippen LogP contribution in [0.15, 0.2) is 48.8 Å². The molecule has 3 nitrogen and oxygen atoms in total. The van der Waals surface area contributed by atoms with Gasteiger partial charge in [-0.2, -0.15) is 0 Å². The van der Waals surface area contributed by atoms with Crippen LogP contribution < -0.4 is 0 Å². The topological polar surface area (TPSA) is 31.2 Å². The van der Waals surface area contributed by atoms with Gasteiger partial charge >= 0.3 is 5.97 Å². The Morgan fingerprint density at radius 1 is 1.14 bits per heavy atom. The lowest BCUT2D eigenvalue weighted by Gasteiger charge is -2.11. The number of nitrogens with zero attached hydrogens (tertiary/aromatic N) is 1. The largest absolute Gasteiger partial charge is 0.457 e. The lowest BCUT2D eigenvalue weighted by atomic mass is 10.2. The zero-order valence-corrected chi connectivity index (χ0v) is 14.2. The quantitative estimate of drug-likeness (QED) is 0.465. The van der Waals surface area contributed by atoms with E-state index in [0.29, 0.717) is 4.88 Å². The summed E-state index contributed by atoms with van der Waals surface area (Å²) >= 11 is 18.3. The van der Waals surface area contributed by atoms with Crippen molar-refractivity contribution in [3.63, 3.8) is 0 Å². The highest BCUT2D eigenvalue weighted by molar-refractivity contribution is 7.21. The number of benzene rings is 1. The van der Waals surface area contributed by atoms with E-state index < -0.39 is 9.76 Å². The van der Waals surface area contributed by atoms with E-state index in [0.717, 1.165) is 15.8 Å². The molecular weight excluding hydrogens is 365 g/mol. The van der Waals surface area contributed by atoms with Crippen LogP contribution in [0, 0.1) is 0 Å². The Hall–Kier alpha value is -1.20. The van der Waals surface area contributed by atoms with Crippen molar-refractivity contribution >= 4 is 62.2 Å². The van der Waals surface area contributed by atoms with Crippen molar-refractivity contribution in [1.82, 2.24) is 4.57 Å². The van der Waals surface area contributed by atoms with Gasteiger partial charge in [0, 0.05) is 22.5 Å². The number of esters is 1. The second-order valence-corrected chi connectivity index (χ2v) is 8.13. The van der Waals surface area contributed by atoms with Crippen LogP contribution in [-0.4, -0.2) is 20.9 Å². The minimum atomic E-state index is -1.63. The number of halogens is 3. The summed E-state index contributed by atoms with van der Waals surface area (Å²) in [5, 5.41) is 0.976. The third-order valence-corrected chi connectivity index (χ3v) is 4.45. The number of hydrogen-bond acceptors (Lipinski definition) is 3. The average molecular weight is 375 g/mol. The Labute approximate surface area is 146 Å². The zero-order valence-electron chi connectivity index (χ0n) is 11.1. The van der Waals surface area contributed by atoms with E-state index in [1.165, 1.54) is 11.3 Å². The van der Waals surface area contributed by atoms with Gasteiger partial charge in [0.15, 0.2) is 0 Å². The van der Waals surface area contributed by atoms with Gasteiger partial charge in [-0.15, -0.1) is 11.3 Å². The fourth-order valence-corrected chi connectivity index (χ4v) is 3.38. The Morgan fingerprint density at radius 3 is 2.50 bits per heavy atom. The highest BCUT2D eigenvalue weighted by Gasteiger charge is 2.26. The Kier molecular flexibility index (Phi) is 4.37. The van der Waals surface area contributed by atoms with Crippen molar-refractivity contribution in [2.45, 2.75) is 3.79 Å². The second kappa shape index (κ2) is 6.13. The number of carbonyl (C=O) groups is 1. The minimum absolute atomic E-state index is 0.296. The van der Waals surface area contributed by atoms with Gasteiger partial charge in [0.25, 0.3) is 0 Å². The minimum Gasteiger partial charge on any atom is -0.457 e. The van der Waals surface area contributed by atoms with Crippen molar-refractivity contribution in [2.75, 3.05) is 6.61 Å². The molecule has 0 unspecified atom stereocenters. The Bertz CT molecular complexity index is 806. The predicted molar refractivity (Wildman–Crippen MR) is 91.7 cm³/mol. The maximum absolute atomic E-state index is 12.4. The summed E-state index contributed by atoms with van der Waals surface area (Å²) in [6, 6.07) is 11.6. The average Bonchev–Trinajstić information content (AvgIpc) is 3.10. The van der Waals surface area contributed by atoms with Crippen LogP contribution >= 0.6 is 46.1 Å². The van der Waals surface area contributed by atoms with Crippen LogP contribution in [0.2, 0.25) is 0 Å². The normalized spacial score (nSPS) is 11.8. The van der Waals surface area contributed by atoms with E-state index >= 15 is 0 Å². The molecule has 22 heavy (non-hydrogen) atoms. The van der Waals surface area contributed by atoms with Crippen molar-refractivity contribution in [2.24, 2.45) is 0 Å². The van der Waals surface area contributed by atoms with E-state index in [-0.39, 0.29) is 6.61 Å². The van der Waals surface area contributed by atoms with Gasteiger partial charge in [-0.3, -0.25) is 0 Å². The third kappa shape index (κ3) is 3.25. The van der Waals surface area contributed by atoms with Gasteiger partial charge in [-0.05, 0) is 18.2 Å². The SMILES string of the molecule is O=C(OCC(Cl)(Cl)Cl)c1sc2ccccc2c1-n1cccc1. The molecule has 0 saturated carbocycles. The molecule has 0 aliphatic carbocycles. The summed E-state index contributed by atoms with van der Waals surface area (Å²) in [6.07, 6.45) is 3.75. The first kappa shape index (κ1) is 15.7. The summed E-state index contributed by atoms with van der Waals surface area (Å²) in [5.41, 5.74) is 0.778. The highest BCUT2D eigenvalue weighted by atomic mass is 35.6. The van der Waals surface area contributed by atoms with E-state index in [4.69, 9.17) is 39.5 Å². The molecule has 3 rings (SSSR count). The first-order chi connectivity index (χ1) is 10.5. The fraction of sp³-hybridized carbons (Fsp3) is 0.133. The molecule has 0 fully saturated rings. The summed E-state index contributed by atoms with van der Waals surface area (Å²) in [5.74, 6) is -0.503. The number of alkyl halides is 3. The van der Waals surface area contributed by atoms with E-state index in [1.807, 2.05) is 53.4 Å². The Morgan fingerprint density at radius 2 is 1.82 bits per heavy atom. The molecule has 0 saturated heterocycles. The van der Waals surface area contributed by atoms with Gasteiger partial charge in [0.05, 0.1) is 5.69 Å². The van der Waals surface area contributed by atoms with E-state index in [2.05, 4.69) is 0 Å². The standard InChI is InChI=1S/C15H10Cl3NO2S/c16-15(17,18)9-21-14(20)13-12(19-7-3-4-8-19)10-5-1-2-6-11(10)22-13/h1-8H,9H2. The molecule has 3 aromatic rings. The van der Waals surface area contributed by atoms with Crippen molar-refractivity contribution in [3.8, 4) is 5.69 Å². The molecule has 1 aromatic carbocycles. The van der Waals surface area contributed by atoms with Gasteiger partial charge in [0.1, 0.15) is 11.5 Å². The Balaban J connectivity index is 2.05. The lowest BCUT2D eigenvalue weighted by molar-refractivity contribution is 0.0518. The molecule has 2 heterocycles. The van der Waals surface area contributed by atoms with E-state index in [9.17, 15) is 4.79 Å². The van der Waals surface area contributed by atoms with Crippen LogP contribution in [-0.2, 0) is 4.74 Å². The summed E-state index contributed by atoms with van der Waals surface area (Å²) in [7, 11) is 0. The summed E-state index contributed by atoms with van der Waals surface area (Å²) < 4.78 is 6.37. The fourth-order valence-electron chi connectivity index (χ4n) is 2.12. The van der Waals surface area contributed by atoms with Crippen LogP contribution in [0.4, 0.5) is 0 Å². The van der Waals surface area contributed by atoms with Gasteiger partial charge in [-0.1, -0.05) is 53.0 Å². The van der Waals surface area contributed by atoms with Crippen LogP contribution in [0.25, 0.3) is 15.8 Å². The summed E-state index contributed by atoms with van der Waals surface area (Å²) in [4.78, 5) is 12.9. The number of hydrogen-bond donors (Lipinski definition) is 0. The third-order valence-electron chi connectivity index (χ3n) is 2.98. The second-order valence-electron chi connectivity index (χ2n) is 4.56. The molecular formula is C15H10Cl3NO2S. The number of rotatable bonds is 3. The molecule has 114 valence electrons. The van der Waals surface area contributed by atoms with Crippen molar-refractivity contribution < 1.29 is 9.53 Å². The maximum Gasteiger partial charge on any atom is 0.350 e. The number of carbonyl (C=O) groups excluding carboxylic acids is 1. The van der Waals surface area contributed by atoms with Gasteiger partial charge in [0.2, 0.25) is 3.79 Å². The summed E-state index contributed by atoms with van der Waals surface area (Å²) in [6.45, 7) is -0.296. The number of ether oxygens (including phenoxy) is 1. The molecule has 0 bridgehead atoms. The zero-order chi connectivity index (χ0) is 15.7. The van der Waals surface area contributed by atoms with E-state index in [1.54, 1.807) is 0 Å². The molecule has 0 atom stereocenters. The van der Waals surface area contributed by atoms with Gasteiger partial charge in [-0.25, -0.2) is 4.79 Å². The molecule has 0 amide bonds. The van der Waals surface area contributed by atoms with Crippen molar-refractivity contribution in [3.05, 3.63) is 53.7 Å². The monoisotopic (exact) mass is 373 g/mol. The number of fused-ring (bicyclic) bond motifs is 1. The number of aromatic nitrogens is 1. The van der Waals surface area contributed by atoms with Crippen LogP contribution in [0.5, 0.6) is 0 Å². The maximum atomic E-state index is 12.4. The van der Waals surface area contributed by atoms with Crippen LogP contribution in [0.1, 0.15) is 9.67 Å². The first-order valence-corrected chi connectivity index (χ1v) is 8.29.